The van der Waals surface area contributed by atoms with Crippen molar-refractivity contribution in [3.05, 3.63) is 130 Å². The number of para-hydroxylation sites is 2. The van der Waals surface area contributed by atoms with Crippen molar-refractivity contribution in [3.63, 3.8) is 0 Å². The summed E-state index contributed by atoms with van der Waals surface area (Å²) in [7, 11) is 0. The van der Waals surface area contributed by atoms with Crippen LogP contribution in [0.1, 0.15) is 45.1 Å². The van der Waals surface area contributed by atoms with Gasteiger partial charge in [-0.2, -0.15) is 0 Å². The first-order chi connectivity index (χ1) is 23.2. The second kappa shape index (κ2) is 15.7. The van der Waals surface area contributed by atoms with Crippen molar-refractivity contribution in [2.75, 3.05) is 26.3 Å². The maximum atomic E-state index is 5.63. The maximum absolute atomic E-state index is 5.63. The topological polar surface area (TPSA) is 74.4 Å². The van der Waals surface area contributed by atoms with Gasteiger partial charge in [-0.1, -0.05) is 48.5 Å². The van der Waals surface area contributed by atoms with Gasteiger partial charge in [0.1, 0.15) is 11.5 Å². The molecule has 0 radical (unpaired) electrons. The molecule has 2 aromatic heterocycles. The molecule has 0 saturated carbocycles. The van der Waals surface area contributed by atoms with Crippen LogP contribution in [0.3, 0.4) is 0 Å². The summed E-state index contributed by atoms with van der Waals surface area (Å²) < 4.78 is 11.2. The van der Waals surface area contributed by atoms with Crippen LogP contribution in [0.25, 0.3) is 21.8 Å². The van der Waals surface area contributed by atoms with Gasteiger partial charge in [-0.3, -0.25) is 4.99 Å². The molecule has 0 bridgehead atoms. The van der Waals surface area contributed by atoms with E-state index < -0.39 is 0 Å². The molecule has 1 atom stereocenters. The molecule has 0 spiro atoms. The third-order valence-electron chi connectivity index (χ3n) is 9.04. The summed E-state index contributed by atoms with van der Waals surface area (Å²) in [4.78, 5) is 11.5. The van der Waals surface area contributed by atoms with Crippen molar-refractivity contribution < 1.29 is 22.7 Å². The normalized spacial score (nSPS) is 16.1. The standard InChI is InChI=1S/2C19H18N2O.I3/c1-2-4-16-14(3-1)15-7-9-20-18(19(15)21-16)13-5-6-17-12(11-13)8-10-22-17;1-2-4-18-17(3-1)16(13-21-18)7-9-20-12-14-5-6-19-15(11-14)8-10-22-19;1-3-2/h1-6,11,18,20-21H,7-10H2;1-6,11-13,21H,7-10H2;/q;;-1. The van der Waals surface area contributed by atoms with E-state index in [1.807, 2.05) is 12.3 Å². The predicted molar refractivity (Wildman–Crippen MR) is 206 cm³/mol. The zero-order chi connectivity index (χ0) is 32.0. The van der Waals surface area contributed by atoms with E-state index in [1.165, 1.54) is 55.3 Å². The van der Waals surface area contributed by atoms with Crippen LogP contribution < -0.4 is 28.0 Å². The van der Waals surface area contributed by atoms with E-state index in [9.17, 15) is 0 Å². The third kappa shape index (κ3) is 7.52. The minimum absolute atomic E-state index is 0.252. The van der Waals surface area contributed by atoms with Gasteiger partial charge >= 0.3 is 50.5 Å². The zero-order valence-electron chi connectivity index (χ0n) is 25.9. The Labute approximate surface area is 305 Å². The average molecular weight is 961 g/mol. The summed E-state index contributed by atoms with van der Waals surface area (Å²) >= 11 is 5.30. The van der Waals surface area contributed by atoms with Gasteiger partial charge in [-0.25, -0.2) is 0 Å². The number of hydrogen-bond acceptors (Lipinski definition) is 4. The van der Waals surface area contributed by atoms with Crippen LogP contribution in [0, 0.1) is 0 Å². The molecule has 5 heterocycles. The molecule has 6 aromatic rings. The number of aromatic nitrogens is 2. The first kappa shape index (κ1) is 32.9. The van der Waals surface area contributed by atoms with E-state index >= 15 is 0 Å². The Kier molecular flexibility index (Phi) is 11.0. The molecule has 242 valence electrons. The van der Waals surface area contributed by atoms with E-state index in [2.05, 4.69) is 143 Å². The molecule has 1 unspecified atom stereocenters. The predicted octanol–water partition coefficient (Wildman–Crippen LogP) is 5.88. The SMILES string of the molecule is C(=NCCc1c[nH]c2ccccc12)c1ccc2c(c1)CCO2.I[I-]I.c1ccc2c3c([nH]c2c1)C(c1ccc2c(c1)CCO2)NCC3. The molecule has 3 aliphatic rings. The number of aromatic amines is 2. The van der Waals surface area contributed by atoms with Crippen LogP contribution in [0.4, 0.5) is 0 Å². The van der Waals surface area contributed by atoms with Gasteiger partial charge in [0, 0.05) is 65.8 Å². The molecular formula is C38H36I3N4O2-. The van der Waals surface area contributed by atoms with Crippen molar-refractivity contribution in [1.29, 1.82) is 0 Å². The van der Waals surface area contributed by atoms with Crippen LogP contribution in [0.15, 0.2) is 96.1 Å². The van der Waals surface area contributed by atoms with Gasteiger partial charge in [-0.05, 0) is 82.6 Å². The molecule has 4 aromatic carbocycles. The Balaban J connectivity index is 0.000000138. The largest absolute Gasteiger partial charge is 0.493 e. The molecule has 9 rings (SSSR count). The van der Waals surface area contributed by atoms with E-state index in [1.54, 1.807) is 0 Å². The van der Waals surface area contributed by atoms with Gasteiger partial charge in [0.05, 0.1) is 19.3 Å². The fourth-order valence-electron chi connectivity index (χ4n) is 6.83. The van der Waals surface area contributed by atoms with E-state index in [0.717, 1.165) is 69.0 Å². The second-order valence-corrected chi connectivity index (χ2v) is 28.1. The molecule has 0 aliphatic carbocycles. The van der Waals surface area contributed by atoms with Crippen molar-refractivity contribution in [3.8, 4) is 11.5 Å². The smallest absolute Gasteiger partial charge is 0.122 e. The number of nitrogens with one attached hydrogen (secondary N) is 3. The van der Waals surface area contributed by atoms with Gasteiger partial charge in [0.2, 0.25) is 0 Å². The number of aliphatic imine (C=N–C) groups is 1. The Morgan fingerprint density at radius 2 is 1.51 bits per heavy atom. The average Bonchev–Trinajstić information content (AvgIpc) is 3.92. The number of halogens is 3. The van der Waals surface area contributed by atoms with Crippen molar-refractivity contribution in [2.45, 2.75) is 31.7 Å². The fraction of sp³-hybridized carbons (Fsp3) is 0.237. The first-order valence-corrected chi connectivity index (χ1v) is 28.5. The number of nitrogens with zero attached hydrogens (tertiary/aromatic N) is 1. The number of ether oxygens (including phenoxy) is 2. The van der Waals surface area contributed by atoms with E-state index in [-0.39, 0.29) is 6.04 Å². The number of rotatable bonds is 5. The summed E-state index contributed by atoms with van der Waals surface area (Å²) in [6, 6.07) is 30.2. The molecule has 3 N–H and O–H groups in total. The molecule has 9 heteroatoms. The summed E-state index contributed by atoms with van der Waals surface area (Å²) in [6.07, 6.45) is 8.13. The summed E-state index contributed by atoms with van der Waals surface area (Å²) in [5, 5.41) is 6.34. The minimum Gasteiger partial charge on any atom is -0.493 e. The zero-order valence-corrected chi connectivity index (χ0v) is 32.3. The Hall–Kier alpha value is -2.62. The van der Waals surface area contributed by atoms with Crippen molar-refractivity contribution in [2.24, 2.45) is 4.99 Å². The molecular weight excluding hydrogens is 925 g/mol. The van der Waals surface area contributed by atoms with E-state index in [0.29, 0.717) is 13.3 Å². The Bertz CT molecular complexity index is 2020. The Morgan fingerprint density at radius 1 is 0.809 bits per heavy atom. The molecule has 47 heavy (non-hydrogen) atoms. The molecule has 0 fully saturated rings. The summed E-state index contributed by atoms with van der Waals surface area (Å²) in [5.74, 6) is 2.08. The number of hydrogen-bond donors (Lipinski definition) is 3. The first-order valence-electron chi connectivity index (χ1n) is 16.0. The van der Waals surface area contributed by atoms with Crippen LogP contribution in [0.2, 0.25) is 0 Å². The number of benzene rings is 4. The van der Waals surface area contributed by atoms with Crippen molar-refractivity contribution in [1.82, 2.24) is 15.3 Å². The third-order valence-corrected chi connectivity index (χ3v) is 9.04. The number of H-pyrrole nitrogens is 2. The van der Waals surface area contributed by atoms with Gasteiger partial charge in [0.15, 0.2) is 0 Å². The van der Waals surface area contributed by atoms with Crippen LogP contribution in [-0.2, 0) is 25.7 Å². The molecule has 0 amide bonds. The minimum atomic E-state index is 0.252. The summed E-state index contributed by atoms with van der Waals surface area (Å²) in [5.41, 5.74) is 11.7. The quantitative estimate of drug-likeness (QED) is 0.150. The molecule has 6 nitrogen and oxygen atoms in total. The van der Waals surface area contributed by atoms with Gasteiger partial charge in [0.25, 0.3) is 0 Å². The maximum Gasteiger partial charge on any atom is 0.122 e. The molecule has 3 aliphatic heterocycles. The Morgan fingerprint density at radius 3 is 2.32 bits per heavy atom. The monoisotopic (exact) mass is 961 g/mol. The van der Waals surface area contributed by atoms with Crippen LogP contribution >= 0.6 is 37.2 Å². The molecule has 0 saturated heterocycles. The van der Waals surface area contributed by atoms with Gasteiger partial charge in [-0.15, -0.1) is 0 Å². The van der Waals surface area contributed by atoms with E-state index in [4.69, 9.17) is 9.47 Å². The van der Waals surface area contributed by atoms with Crippen LogP contribution in [0.5, 0.6) is 11.5 Å². The van der Waals surface area contributed by atoms with Gasteiger partial charge < -0.3 is 24.8 Å². The van der Waals surface area contributed by atoms with Crippen LogP contribution in [-0.4, -0.2) is 42.5 Å². The number of fused-ring (bicyclic) bond motifs is 6. The second-order valence-electron chi connectivity index (χ2n) is 11.8. The van der Waals surface area contributed by atoms with Crippen molar-refractivity contribution >= 4 is 65.3 Å². The summed E-state index contributed by atoms with van der Waals surface area (Å²) in [6.45, 7) is 3.44. The fourth-order valence-corrected chi connectivity index (χ4v) is 6.83.